The van der Waals surface area contributed by atoms with Crippen LogP contribution in [0.2, 0.25) is 0 Å². The number of benzene rings is 1. The quantitative estimate of drug-likeness (QED) is 0.440. The first-order chi connectivity index (χ1) is 13.4. The van der Waals surface area contributed by atoms with Crippen molar-refractivity contribution in [2.45, 2.75) is 39.0 Å². The second kappa shape index (κ2) is 6.47. The Bertz CT molecular complexity index is 1280. The summed E-state index contributed by atoms with van der Waals surface area (Å²) in [6, 6.07) is 10.1. The normalized spacial score (nSPS) is 15.8. The number of nitrogens with zero attached hydrogens (tertiary/aromatic N) is 3. The smallest absolute Gasteiger partial charge is 0.271 e. The number of thiophene rings is 1. The van der Waals surface area contributed by atoms with E-state index in [-0.39, 0.29) is 11.2 Å². The van der Waals surface area contributed by atoms with Gasteiger partial charge in [0, 0.05) is 21.8 Å². The molecule has 142 valence electrons. The first kappa shape index (κ1) is 18.0. The number of rotatable bonds is 2. The molecule has 3 aromatic heterocycles. The van der Waals surface area contributed by atoms with E-state index in [0.29, 0.717) is 17.9 Å². The molecule has 1 aliphatic heterocycles. The maximum atomic E-state index is 13.1. The summed E-state index contributed by atoms with van der Waals surface area (Å²) < 4.78 is 9.26. The summed E-state index contributed by atoms with van der Waals surface area (Å²) in [5.41, 5.74) is 3.71. The minimum Gasteiger partial charge on any atom is -0.370 e. The van der Waals surface area contributed by atoms with Crippen molar-refractivity contribution >= 4 is 47.7 Å². The Balaban J connectivity index is 1.61. The fraction of sp³-hybridized carbons (Fsp3) is 0.286. The average Bonchev–Trinajstić information content (AvgIpc) is 3.01. The zero-order valence-electron chi connectivity index (χ0n) is 15.5. The predicted octanol–water partition coefficient (Wildman–Crippen LogP) is 4.67. The van der Waals surface area contributed by atoms with Crippen molar-refractivity contribution in [2.24, 2.45) is 0 Å². The molecule has 1 aliphatic rings. The number of ether oxygens (including phenoxy) is 1. The highest BCUT2D eigenvalue weighted by molar-refractivity contribution is 9.10. The van der Waals surface area contributed by atoms with Crippen LogP contribution in [-0.4, -0.2) is 20.1 Å². The van der Waals surface area contributed by atoms with Crippen LogP contribution in [0.25, 0.3) is 20.4 Å². The first-order valence-corrected chi connectivity index (χ1v) is 10.7. The molecule has 0 fully saturated rings. The topological polar surface area (TPSA) is 57.0 Å². The lowest BCUT2D eigenvalue weighted by atomic mass is 9.95. The van der Waals surface area contributed by atoms with Gasteiger partial charge in [-0.25, -0.2) is 9.97 Å². The third-order valence-electron chi connectivity index (χ3n) is 5.08. The van der Waals surface area contributed by atoms with Crippen molar-refractivity contribution in [1.29, 1.82) is 0 Å². The van der Waals surface area contributed by atoms with Gasteiger partial charge in [0.05, 0.1) is 36.3 Å². The maximum absolute atomic E-state index is 13.1. The van der Waals surface area contributed by atoms with E-state index in [1.807, 2.05) is 24.3 Å². The van der Waals surface area contributed by atoms with Crippen LogP contribution in [0.1, 0.15) is 30.7 Å². The standard InChI is InChI=1S/C21H18BrN3O2S/c1-21(2)8-16-13(10-27-21)7-15-17-18(28-19(15)24-16)20(26)25(11-23-17)9-12-3-5-14(22)6-4-12/h3-7,11H,8-10H2,1-2H3. The molecule has 0 N–H and O–H groups in total. The van der Waals surface area contributed by atoms with Crippen LogP contribution >= 0.6 is 27.3 Å². The first-order valence-electron chi connectivity index (χ1n) is 9.08. The monoisotopic (exact) mass is 455 g/mol. The van der Waals surface area contributed by atoms with E-state index in [1.165, 1.54) is 11.3 Å². The van der Waals surface area contributed by atoms with Crippen molar-refractivity contribution in [3.63, 3.8) is 0 Å². The highest BCUT2D eigenvalue weighted by Crippen LogP contribution is 2.34. The summed E-state index contributed by atoms with van der Waals surface area (Å²) in [6.07, 6.45) is 2.41. The summed E-state index contributed by atoms with van der Waals surface area (Å²) in [6.45, 7) is 5.20. The summed E-state index contributed by atoms with van der Waals surface area (Å²) in [5.74, 6) is 0. The summed E-state index contributed by atoms with van der Waals surface area (Å²) >= 11 is 4.87. The van der Waals surface area contributed by atoms with Crippen molar-refractivity contribution < 1.29 is 4.74 Å². The lowest BCUT2D eigenvalue weighted by Gasteiger charge is -2.30. The van der Waals surface area contributed by atoms with E-state index >= 15 is 0 Å². The van der Waals surface area contributed by atoms with E-state index in [2.05, 4.69) is 40.8 Å². The van der Waals surface area contributed by atoms with Crippen molar-refractivity contribution in [1.82, 2.24) is 14.5 Å². The highest BCUT2D eigenvalue weighted by atomic mass is 79.9. The van der Waals surface area contributed by atoms with E-state index in [9.17, 15) is 4.79 Å². The van der Waals surface area contributed by atoms with E-state index in [4.69, 9.17) is 9.72 Å². The largest absolute Gasteiger partial charge is 0.370 e. The van der Waals surface area contributed by atoms with Crippen LogP contribution in [0.3, 0.4) is 0 Å². The molecule has 0 aliphatic carbocycles. The Morgan fingerprint density at radius 2 is 2.07 bits per heavy atom. The molecule has 0 saturated carbocycles. The van der Waals surface area contributed by atoms with Gasteiger partial charge in [-0.15, -0.1) is 11.3 Å². The van der Waals surface area contributed by atoms with Crippen molar-refractivity contribution in [3.05, 3.63) is 68.3 Å². The molecule has 0 amide bonds. The third-order valence-corrected chi connectivity index (χ3v) is 6.69. The summed E-state index contributed by atoms with van der Waals surface area (Å²) in [4.78, 5) is 23.4. The van der Waals surface area contributed by atoms with Gasteiger partial charge in [0.1, 0.15) is 9.53 Å². The number of aromatic nitrogens is 3. The number of pyridine rings is 1. The van der Waals surface area contributed by atoms with E-state index in [1.54, 1.807) is 10.9 Å². The zero-order chi connectivity index (χ0) is 19.5. The van der Waals surface area contributed by atoms with Crippen molar-refractivity contribution in [3.8, 4) is 0 Å². The molecule has 0 saturated heterocycles. The zero-order valence-corrected chi connectivity index (χ0v) is 17.9. The van der Waals surface area contributed by atoms with Gasteiger partial charge in [0.15, 0.2) is 0 Å². The van der Waals surface area contributed by atoms with Crippen molar-refractivity contribution in [2.75, 3.05) is 0 Å². The molecular formula is C21H18BrN3O2S. The molecule has 0 atom stereocenters. The van der Waals surface area contributed by atoms with Gasteiger partial charge in [0.25, 0.3) is 5.56 Å². The highest BCUT2D eigenvalue weighted by Gasteiger charge is 2.28. The molecule has 4 aromatic rings. The molecule has 0 bridgehead atoms. The molecule has 0 radical (unpaired) electrons. The second-order valence-electron chi connectivity index (χ2n) is 7.76. The molecular weight excluding hydrogens is 438 g/mol. The lowest BCUT2D eigenvalue weighted by Crippen LogP contribution is -2.32. The third kappa shape index (κ3) is 3.07. The minimum absolute atomic E-state index is 0.0227. The van der Waals surface area contributed by atoms with Gasteiger partial charge < -0.3 is 4.74 Å². The predicted molar refractivity (Wildman–Crippen MR) is 115 cm³/mol. The van der Waals surface area contributed by atoms with E-state index < -0.39 is 0 Å². The van der Waals surface area contributed by atoms with Gasteiger partial charge in [0.2, 0.25) is 0 Å². The number of hydrogen-bond donors (Lipinski definition) is 0. The molecule has 0 unspecified atom stereocenters. The lowest BCUT2D eigenvalue weighted by molar-refractivity contribution is -0.0411. The Morgan fingerprint density at radius 3 is 2.86 bits per heavy atom. The molecule has 1 aromatic carbocycles. The molecule has 5 nitrogen and oxygen atoms in total. The van der Waals surface area contributed by atoms with Gasteiger partial charge in [-0.1, -0.05) is 28.1 Å². The maximum Gasteiger partial charge on any atom is 0.271 e. The molecule has 7 heteroatoms. The Hall–Kier alpha value is -2.09. The van der Waals surface area contributed by atoms with Crippen LogP contribution < -0.4 is 5.56 Å². The van der Waals surface area contributed by atoms with Crippen LogP contribution in [0, 0.1) is 0 Å². The van der Waals surface area contributed by atoms with Gasteiger partial charge in [-0.2, -0.15) is 0 Å². The Kier molecular flexibility index (Phi) is 4.15. The van der Waals surface area contributed by atoms with Crippen LogP contribution in [-0.2, 0) is 24.3 Å². The van der Waals surface area contributed by atoms with Gasteiger partial charge in [-0.05, 0) is 37.6 Å². The number of hydrogen-bond acceptors (Lipinski definition) is 5. The summed E-state index contributed by atoms with van der Waals surface area (Å²) in [7, 11) is 0. The molecule has 28 heavy (non-hydrogen) atoms. The molecule has 0 spiro atoms. The Morgan fingerprint density at radius 1 is 1.29 bits per heavy atom. The summed E-state index contributed by atoms with van der Waals surface area (Å²) in [5, 5.41) is 0.940. The van der Waals surface area contributed by atoms with E-state index in [0.717, 1.165) is 43.4 Å². The second-order valence-corrected chi connectivity index (χ2v) is 9.67. The average molecular weight is 456 g/mol. The molecule has 5 rings (SSSR count). The number of halogens is 1. The van der Waals surface area contributed by atoms with Crippen LogP contribution in [0.4, 0.5) is 0 Å². The molecule has 4 heterocycles. The fourth-order valence-corrected chi connectivity index (χ4v) is 4.92. The fourth-order valence-electron chi connectivity index (χ4n) is 3.58. The minimum atomic E-state index is -0.208. The van der Waals surface area contributed by atoms with Gasteiger partial charge >= 0.3 is 0 Å². The van der Waals surface area contributed by atoms with Crippen LogP contribution in [0.15, 0.2) is 45.9 Å². The van der Waals surface area contributed by atoms with Crippen LogP contribution in [0.5, 0.6) is 0 Å². The SMILES string of the molecule is CC1(C)Cc2nc3sc4c(=O)n(Cc5ccc(Br)cc5)cnc4c3cc2CO1. The van der Waals surface area contributed by atoms with Gasteiger partial charge in [-0.3, -0.25) is 9.36 Å². The Labute approximate surface area is 174 Å². The number of fused-ring (bicyclic) bond motifs is 4.